The molecule has 1 rings (SSSR count). The molecule has 1 N–H and O–H groups in total. The van der Waals surface area contributed by atoms with Crippen molar-refractivity contribution in [2.45, 2.75) is 51.7 Å². The third-order valence-corrected chi connectivity index (χ3v) is 2.74. The van der Waals surface area contributed by atoms with Crippen LogP contribution in [0.1, 0.15) is 39.5 Å². The van der Waals surface area contributed by atoms with E-state index in [-0.39, 0.29) is 12.0 Å². The molecule has 0 aliphatic carbocycles. The number of likely N-dealkylation sites (tertiary alicyclic amines) is 1. The molecule has 76 valence electrons. The maximum absolute atomic E-state index is 11.5. The fraction of sp³-hybridized carbons (Fsp3) is 0.900. The Balaban J connectivity index is 2.48. The van der Waals surface area contributed by atoms with E-state index >= 15 is 0 Å². The van der Waals surface area contributed by atoms with Gasteiger partial charge in [0, 0.05) is 19.0 Å². The summed E-state index contributed by atoms with van der Waals surface area (Å²) < 4.78 is 0. The number of nitrogens with zero attached hydrogens (tertiary/aromatic N) is 1. The van der Waals surface area contributed by atoms with E-state index < -0.39 is 0 Å². The minimum Gasteiger partial charge on any atom is -0.391 e. The van der Waals surface area contributed by atoms with Crippen molar-refractivity contribution in [1.29, 1.82) is 0 Å². The second-order valence-electron chi connectivity index (χ2n) is 3.85. The van der Waals surface area contributed by atoms with Gasteiger partial charge in [-0.1, -0.05) is 6.92 Å². The lowest BCUT2D eigenvalue weighted by molar-refractivity contribution is -0.137. The largest absolute Gasteiger partial charge is 0.391 e. The molecule has 1 amide bonds. The van der Waals surface area contributed by atoms with E-state index in [0.717, 1.165) is 19.3 Å². The van der Waals surface area contributed by atoms with Crippen LogP contribution in [0.2, 0.25) is 0 Å². The maximum Gasteiger partial charge on any atom is 0.222 e. The summed E-state index contributed by atoms with van der Waals surface area (Å²) in [7, 11) is 0. The van der Waals surface area contributed by atoms with E-state index in [0.29, 0.717) is 19.0 Å². The molecule has 2 atom stereocenters. The summed E-state index contributed by atoms with van der Waals surface area (Å²) in [5.41, 5.74) is 0. The Morgan fingerprint density at radius 1 is 1.69 bits per heavy atom. The summed E-state index contributed by atoms with van der Waals surface area (Å²) >= 11 is 0. The third-order valence-electron chi connectivity index (χ3n) is 2.74. The first kappa shape index (κ1) is 10.5. The molecule has 0 radical (unpaired) electrons. The number of aliphatic hydroxyl groups excluding tert-OH is 1. The van der Waals surface area contributed by atoms with E-state index in [4.69, 9.17) is 0 Å². The molecular weight excluding hydrogens is 166 g/mol. The zero-order valence-electron chi connectivity index (χ0n) is 8.49. The van der Waals surface area contributed by atoms with Crippen molar-refractivity contribution in [2.24, 2.45) is 0 Å². The number of β-amino-alcohol motifs (C(OH)–C–C–N with tert-alkyl or cyclic N) is 1. The van der Waals surface area contributed by atoms with Gasteiger partial charge in [-0.25, -0.2) is 0 Å². The molecule has 0 bridgehead atoms. The lowest BCUT2D eigenvalue weighted by atomic mass is 10.0. The van der Waals surface area contributed by atoms with Gasteiger partial charge in [-0.3, -0.25) is 4.79 Å². The highest BCUT2D eigenvalue weighted by atomic mass is 16.3. The molecule has 0 aromatic heterocycles. The highest BCUT2D eigenvalue weighted by Crippen LogP contribution is 2.18. The van der Waals surface area contributed by atoms with Gasteiger partial charge in [-0.2, -0.15) is 0 Å². The zero-order chi connectivity index (χ0) is 9.84. The van der Waals surface area contributed by atoms with Crippen LogP contribution in [0.25, 0.3) is 0 Å². The van der Waals surface area contributed by atoms with Crippen LogP contribution in [0.4, 0.5) is 0 Å². The van der Waals surface area contributed by atoms with Gasteiger partial charge in [0.05, 0.1) is 6.10 Å². The van der Waals surface area contributed by atoms with Crippen LogP contribution in [0.15, 0.2) is 0 Å². The van der Waals surface area contributed by atoms with Crippen molar-refractivity contribution in [3.8, 4) is 0 Å². The monoisotopic (exact) mass is 185 g/mol. The number of aliphatic hydroxyl groups is 1. The molecule has 0 aromatic carbocycles. The van der Waals surface area contributed by atoms with Gasteiger partial charge in [0.1, 0.15) is 0 Å². The topological polar surface area (TPSA) is 40.5 Å². The van der Waals surface area contributed by atoms with E-state index in [1.54, 1.807) is 0 Å². The van der Waals surface area contributed by atoms with Crippen LogP contribution in [-0.2, 0) is 4.79 Å². The Bertz CT molecular complexity index is 182. The van der Waals surface area contributed by atoms with Crippen LogP contribution in [0, 0.1) is 0 Å². The highest BCUT2D eigenvalue weighted by molar-refractivity contribution is 5.77. The van der Waals surface area contributed by atoms with Gasteiger partial charge < -0.3 is 10.0 Å². The lowest BCUT2D eigenvalue weighted by Gasteiger charge is -2.34. The Kier molecular flexibility index (Phi) is 3.72. The SMILES string of the molecule is CCC(O)CN1C(=O)CCCC1C. The molecule has 0 spiro atoms. The van der Waals surface area contributed by atoms with E-state index in [1.807, 2.05) is 11.8 Å². The number of hydrogen-bond donors (Lipinski definition) is 1. The molecule has 1 fully saturated rings. The molecule has 0 saturated carbocycles. The second-order valence-corrected chi connectivity index (χ2v) is 3.85. The number of rotatable bonds is 3. The molecule has 1 saturated heterocycles. The first-order chi connectivity index (χ1) is 6.15. The Labute approximate surface area is 79.7 Å². The van der Waals surface area contributed by atoms with Crippen LogP contribution in [0.3, 0.4) is 0 Å². The molecule has 3 nitrogen and oxygen atoms in total. The van der Waals surface area contributed by atoms with Crippen molar-refractivity contribution in [1.82, 2.24) is 4.90 Å². The molecule has 1 heterocycles. The standard InChI is InChI=1S/C10H19NO2/c1-3-9(12)7-11-8(2)5-4-6-10(11)13/h8-9,12H,3-7H2,1-2H3. The van der Waals surface area contributed by atoms with Crippen LogP contribution >= 0.6 is 0 Å². The molecule has 3 heteroatoms. The summed E-state index contributed by atoms with van der Waals surface area (Å²) in [6, 6.07) is 0.308. The first-order valence-electron chi connectivity index (χ1n) is 5.12. The van der Waals surface area contributed by atoms with Crippen molar-refractivity contribution in [3.63, 3.8) is 0 Å². The van der Waals surface area contributed by atoms with E-state index in [2.05, 4.69) is 6.92 Å². The highest BCUT2D eigenvalue weighted by Gasteiger charge is 2.25. The number of carbonyl (C=O) groups excluding carboxylic acids is 1. The van der Waals surface area contributed by atoms with Gasteiger partial charge >= 0.3 is 0 Å². The number of carbonyl (C=O) groups is 1. The average molecular weight is 185 g/mol. The fourth-order valence-corrected chi connectivity index (χ4v) is 1.73. The van der Waals surface area contributed by atoms with E-state index in [9.17, 15) is 9.90 Å². The number of piperidine rings is 1. The Morgan fingerprint density at radius 2 is 2.38 bits per heavy atom. The first-order valence-corrected chi connectivity index (χ1v) is 5.12. The third kappa shape index (κ3) is 2.69. The van der Waals surface area contributed by atoms with Gasteiger partial charge in [-0.15, -0.1) is 0 Å². The second kappa shape index (κ2) is 4.61. The Morgan fingerprint density at radius 3 is 2.92 bits per heavy atom. The molecule has 2 unspecified atom stereocenters. The molecule has 0 aromatic rings. The lowest BCUT2D eigenvalue weighted by Crippen LogP contribution is -2.45. The van der Waals surface area contributed by atoms with E-state index in [1.165, 1.54) is 0 Å². The summed E-state index contributed by atoms with van der Waals surface area (Å²) in [6.45, 7) is 4.50. The normalized spacial score (nSPS) is 26.2. The zero-order valence-corrected chi connectivity index (χ0v) is 8.49. The summed E-state index contributed by atoms with van der Waals surface area (Å²) in [4.78, 5) is 13.3. The molecular formula is C10H19NO2. The Hall–Kier alpha value is -0.570. The van der Waals surface area contributed by atoms with Crippen LogP contribution < -0.4 is 0 Å². The van der Waals surface area contributed by atoms with Crippen molar-refractivity contribution in [3.05, 3.63) is 0 Å². The van der Waals surface area contributed by atoms with Crippen molar-refractivity contribution < 1.29 is 9.90 Å². The predicted octanol–water partition coefficient (Wildman–Crippen LogP) is 1.16. The minimum atomic E-state index is -0.357. The van der Waals surface area contributed by atoms with Gasteiger partial charge in [-0.05, 0) is 26.2 Å². The maximum atomic E-state index is 11.5. The number of amides is 1. The van der Waals surface area contributed by atoms with Crippen molar-refractivity contribution >= 4 is 5.91 Å². The quantitative estimate of drug-likeness (QED) is 0.716. The minimum absolute atomic E-state index is 0.200. The summed E-state index contributed by atoms with van der Waals surface area (Å²) in [5.74, 6) is 0.200. The summed E-state index contributed by atoms with van der Waals surface area (Å²) in [5, 5.41) is 9.45. The van der Waals surface area contributed by atoms with Crippen LogP contribution in [0.5, 0.6) is 0 Å². The summed E-state index contributed by atoms with van der Waals surface area (Å²) in [6.07, 6.45) is 3.09. The van der Waals surface area contributed by atoms with Gasteiger partial charge in [0.25, 0.3) is 0 Å². The molecule has 1 aliphatic rings. The number of hydrogen-bond acceptors (Lipinski definition) is 2. The van der Waals surface area contributed by atoms with Gasteiger partial charge in [0.15, 0.2) is 0 Å². The smallest absolute Gasteiger partial charge is 0.222 e. The fourth-order valence-electron chi connectivity index (χ4n) is 1.73. The molecule has 13 heavy (non-hydrogen) atoms. The van der Waals surface area contributed by atoms with Crippen LogP contribution in [-0.4, -0.2) is 34.6 Å². The predicted molar refractivity (Wildman–Crippen MR) is 51.3 cm³/mol. The molecule has 1 aliphatic heterocycles. The van der Waals surface area contributed by atoms with Gasteiger partial charge in [0.2, 0.25) is 5.91 Å². The van der Waals surface area contributed by atoms with Crippen molar-refractivity contribution in [2.75, 3.05) is 6.54 Å². The average Bonchev–Trinajstić information content (AvgIpc) is 2.11.